The van der Waals surface area contributed by atoms with Crippen molar-refractivity contribution in [2.24, 2.45) is 22.6 Å². The van der Waals surface area contributed by atoms with E-state index in [0.29, 0.717) is 24.1 Å². The number of hydrazone groups is 1. The average Bonchev–Trinajstić information content (AvgIpc) is 3.58. The Bertz CT molecular complexity index is 1060. The minimum absolute atomic E-state index is 0.359. The zero-order valence-electron chi connectivity index (χ0n) is 17.8. The van der Waals surface area contributed by atoms with Gasteiger partial charge in [0.15, 0.2) is 0 Å². The maximum atomic E-state index is 13.9. The normalized spacial score (nSPS) is 16.9. The molecular formula is C23H26F2N6O. The number of rotatable bonds is 5. The standard InChI is InChI=1S/C23H26F2N6O/c1-30(27)29-23(26)31-12-11-17(14-5-6-14)18(13-31)15-7-9-16(10-8-15)28-22(32)21-19(24)3-2-4-20(21)25/h2-4,7-10,14H,5-6,11-13,27H2,1H3,(H2,26,29)(H,28,32). The number of hydrogen-bond donors (Lipinski definition) is 3. The first-order valence-electron chi connectivity index (χ1n) is 10.5. The molecule has 1 amide bonds. The van der Waals surface area contributed by atoms with Gasteiger partial charge in [0, 0.05) is 25.8 Å². The summed E-state index contributed by atoms with van der Waals surface area (Å²) >= 11 is 0. The lowest BCUT2D eigenvalue weighted by Gasteiger charge is -2.32. The Hall–Kier alpha value is -3.46. The number of nitrogens with one attached hydrogen (secondary N) is 1. The molecule has 2 aromatic carbocycles. The van der Waals surface area contributed by atoms with E-state index in [-0.39, 0.29) is 0 Å². The van der Waals surface area contributed by atoms with Gasteiger partial charge in [-0.2, -0.15) is 0 Å². The highest BCUT2D eigenvalue weighted by atomic mass is 19.1. The molecule has 0 aromatic heterocycles. The minimum atomic E-state index is -0.900. The van der Waals surface area contributed by atoms with Gasteiger partial charge in [0.2, 0.25) is 5.96 Å². The van der Waals surface area contributed by atoms with Crippen molar-refractivity contribution in [2.75, 3.05) is 25.5 Å². The van der Waals surface area contributed by atoms with Crippen LogP contribution in [0.5, 0.6) is 0 Å². The second-order valence-electron chi connectivity index (χ2n) is 8.11. The van der Waals surface area contributed by atoms with Gasteiger partial charge in [-0.25, -0.2) is 19.7 Å². The summed E-state index contributed by atoms with van der Waals surface area (Å²) in [6.45, 7) is 1.39. The van der Waals surface area contributed by atoms with Crippen LogP contribution in [-0.4, -0.2) is 42.0 Å². The van der Waals surface area contributed by atoms with E-state index >= 15 is 0 Å². The van der Waals surface area contributed by atoms with Gasteiger partial charge < -0.3 is 16.0 Å². The fourth-order valence-corrected chi connectivity index (χ4v) is 4.02. The summed E-state index contributed by atoms with van der Waals surface area (Å²) in [7, 11) is 1.61. The van der Waals surface area contributed by atoms with Crippen LogP contribution in [0.15, 0.2) is 53.1 Å². The molecule has 1 heterocycles. The van der Waals surface area contributed by atoms with Crippen LogP contribution < -0.4 is 16.9 Å². The minimum Gasteiger partial charge on any atom is -0.368 e. The van der Waals surface area contributed by atoms with Crippen LogP contribution in [0.25, 0.3) is 5.57 Å². The molecule has 7 nitrogen and oxygen atoms in total. The number of carbonyl (C=O) groups excluding carboxylic acids is 1. The Kier molecular flexibility index (Phi) is 6.09. The quantitative estimate of drug-likeness (QED) is 0.287. The Morgan fingerprint density at radius 2 is 1.81 bits per heavy atom. The molecule has 1 fully saturated rings. The van der Waals surface area contributed by atoms with Crippen LogP contribution in [0.2, 0.25) is 0 Å². The first-order valence-corrected chi connectivity index (χ1v) is 10.5. The highest BCUT2D eigenvalue weighted by Crippen LogP contribution is 2.43. The van der Waals surface area contributed by atoms with Crippen molar-refractivity contribution in [1.82, 2.24) is 10.0 Å². The van der Waals surface area contributed by atoms with Crippen LogP contribution in [0.1, 0.15) is 35.2 Å². The molecule has 0 atom stereocenters. The third kappa shape index (κ3) is 4.72. The van der Waals surface area contributed by atoms with Crippen LogP contribution in [0.3, 0.4) is 0 Å². The lowest BCUT2D eigenvalue weighted by molar-refractivity contribution is 0.101. The Balaban J connectivity index is 1.54. The summed E-state index contributed by atoms with van der Waals surface area (Å²) in [5.74, 6) is 3.93. The Morgan fingerprint density at radius 3 is 2.41 bits per heavy atom. The number of guanidine groups is 1. The van der Waals surface area contributed by atoms with Gasteiger partial charge in [0.1, 0.15) is 17.2 Å². The molecule has 4 rings (SSSR count). The topological polar surface area (TPSA) is 100.0 Å². The summed E-state index contributed by atoms with van der Waals surface area (Å²) in [6.07, 6.45) is 3.28. The number of anilines is 1. The number of hydrazine groups is 1. The molecule has 1 aliphatic carbocycles. The fourth-order valence-electron chi connectivity index (χ4n) is 4.02. The van der Waals surface area contributed by atoms with Crippen molar-refractivity contribution in [3.63, 3.8) is 0 Å². The van der Waals surface area contributed by atoms with E-state index in [1.165, 1.54) is 35.2 Å². The van der Waals surface area contributed by atoms with E-state index in [2.05, 4.69) is 10.4 Å². The number of nitrogens with zero attached hydrogens (tertiary/aromatic N) is 3. The number of benzene rings is 2. The van der Waals surface area contributed by atoms with Gasteiger partial charge >= 0.3 is 0 Å². The zero-order valence-corrected chi connectivity index (χ0v) is 17.8. The van der Waals surface area contributed by atoms with Crippen LogP contribution in [-0.2, 0) is 0 Å². The molecule has 0 saturated heterocycles. The van der Waals surface area contributed by atoms with Crippen molar-refractivity contribution in [3.8, 4) is 0 Å². The number of halogens is 2. The van der Waals surface area contributed by atoms with Crippen molar-refractivity contribution in [2.45, 2.75) is 19.3 Å². The molecule has 1 saturated carbocycles. The number of carbonyl (C=O) groups is 1. The molecule has 0 bridgehead atoms. The van der Waals surface area contributed by atoms with Crippen molar-refractivity contribution in [1.29, 1.82) is 0 Å². The number of hydrogen-bond acceptors (Lipinski definition) is 4. The fraction of sp³-hybridized carbons (Fsp3) is 0.304. The summed E-state index contributed by atoms with van der Waals surface area (Å²) < 4.78 is 27.7. The first kappa shape index (κ1) is 21.8. The monoisotopic (exact) mass is 440 g/mol. The van der Waals surface area contributed by atoms with E-state index in [1.54, 1.807) is 19.2 Å². The van der Waals surface area contributed by atoms with Crippen LogP contribution in [0, 0.1) is 17.6 Å². The van der Waals surface area contributed by atoms with E-state index in [9.17, 15) is 13.6 Å². The second-order valence-corrected chi connectivity index (χ2v) is 8.11. The molecular weight excluding hydrogens is 414 g/mol. The summed E-state index contributed by atoms with van der Waals surface area (Å²) in [6, 6.07) is 10.6. The predicted molar refractivity (Wildman–Crippen MR) is 120 cm³/mol. The third-order valence-corrected chi connectivity index (χ3v) is 5.72. The smallest absolute Gasteiger partial charge is 0.261 e. The van der Waals surface area contributed by atoms with Gasteiger partial charge in [-0.15, -0.1) is 5.10 Å². The molecule has 5 N–H and O–H groups in total. The summed E-state index contributed by atoms with van der Waals surface area (Å²) in [4.78, 5) is 14.3. The SMILES string of the molecule is CN(N)N=C(N)N1CCC(C2CC2)=C(c2ccc(NC(=O)c3c(F)cccc3F)cc2)C1. The summed E-state index contributed by atoms with van der Waals surface area (Å²) in [5.41, 5.74) is 9.60. The van der Waals surface area contributed by atoms with E-state index in [4.69, 9.17) is 11.6 Å². The van der Waals surface area contributed by atoms with Gasteiger partial charge in [-0.1, -0.05) is 23.8 Å². The number of amides is 1. The van der Waals surface area contributed by atoms with Crippen molar-refractivity contribution in [3.05, 3.63) is 70.8 Å². The number of nitrogens with two attached hydrogens (primary N) is 2. The van der Waals surface area contributed by atoms with E-state index in [1.807, 2.05) is 17.0 Å². The lowest BCUT2D eigenvalue weighted by atomic mass is 9.91. The van der Waals surface area contributed by atoms with Gasteiger partial charge in [0.25, 0.3) is 5.91 Å². The zero-order chi connectivity index (χ0) is 22.8. The van der Waals surface area contributed by atoms with Crippen LogP contribution >= 0.6 is 0 Å². The molecule has 9 heteroatoms. The van der Waals surface area contributed by atoms with Crippen molar-refractivity contribution < 1.29 is 13.6 Å². The van der Waals surface area contributed by atoms with E-state index in [0.717, 1.165) is 30.7 Å². The molecule has 0 radical (unpaired) electrons. The lowest BCUT2D eigenvalue weighted by Crippen LogP contribution is -2.43. The predicted octanol–water partition coefficient (Wildman–Crippen LogP) is 3.12. The molecule has 32 heavy (non-hydrogen) atoms. The Morgan fingerprint density at radius 1 is 1.16 bits per heavy atom. The van der Waals surface area contributed by atoms with E-state index < -0.39 is 23.1 Å². The maximum Gasteiger partial charge on any atom is 0.261 e. The highest BCUT2D eigenvalue weighted by Gasteiger charge is 2.32. The molecule has 1 aliphatic heterocycles. The van der Waals surface area contributed by atoms with Crippen molar-refractivity contribution >= 4 is 23.1 Å². The third-order valence-electron chi connectivity index (χ3n) is 5.72. The molecule has 168 valence electrons. The average molecular weight is 440 g/mol. The molecule has 2 aliphatic rings. The van der Waals surface area contributed by atoms with Gasteiger partial charge in [-0.3, -0.25) is 4.79 Å². The van der Waals surface area contributed by atoms with Gasteiger partial charge in [0.05, 0.1) is 0 Å². The molecule has 0 unspecified atom stereocenters. The highest BCUT2D eigenvalue weighted by molar-refractivity contribution is 6.04. The Labute approximate surface area is 185 Å². The van der Waals surface area contributed by atoms with Gasteiger partial charge in [-0.05, 0) is 60.6 Å². The molecule has 0 spiro atoms. The molecule has 2 aromatic rings. The second kappa shape index (κ2) is 8.96. The van der Waals surface area contributed by atoms with Crippen LogP contribution in [0.4, 0.5) is 14.5 Å². The largest absolute Gasteiger partial charge is 0.368 e. The summed E-state index contributed by atoms with van der Waals surface area (Å²) in [5, 5.41) is 7.85. The maximum absolute atomic E-state index is 13.9. The first-order chi connectivity index (χ1) is 15.3.